The Morgan fingerprint density at radius 2 is 1.54 bits per heavy atom. The van der Waals surface area contributed by atoms with E-state index in [2.05, 4.69) is 50.2 Å². The smallest absolute Gasteiger partial charge is 0.134 e. The van der Waals surface area contributed by atoms with Gasteiger partial charge in [0.2, 0.25) is 0 Å². The van der Waals surface area contributed by atoms with E-state index in [1.54, 1.807) is 0 Å². The normalized spacial score (nSPS) is 11.1. The highest BCUT2D eigenvalue weighted by Crippen LogP contribution is 2.28. The van der Waals surface area contributed by atoms with Gasteiger partial charge in [0.25, 0.3) is 0 Å². The summed E-state index contributed by atoms with van der Waals surface area (Å²) >= 11 is 0. The molecule has 1 heteroatoms. The molecule has 0 fully saturated rings. The summed E-state index contributed by atoms with van der Waals surface area (Å²) in [6.07, 6.45) is 5.25. The summed E-state index contributed by atoms with van der Waals surface area (Å²) in [4.78, 5) is 0. The summed E-state index contributed by atoms with van der Waals surface area (Å²) in [6.45, 7) is 4.33. The van der Waals surface area contributed by atoms with Crippen molar-refractivity contribution in [1.29, 1.82) is 0 Å². The molecule has 0 heterocycles. The number of unbranched alkanes of at least 4 members (excludes halogenated alkanes) is 2. The zero-order valence-electron chi connectivity index (χ0n) is 14.6. The van der Waals surface area contributed by atoms with Gasteiger partial charge in [0.05, 0.1) is 0 Å². The molecule has 0 aliphatic carbocycles. The molecule has 0 nitrogen and oxygen atoms in total. The lowest BCUT2D eigenvalue weighted by Crippen LogP contribution is -1.93. The largest absolute Gasteiger partial charge is 0.206 e. The Kier molecular flexibility index (Phi) is 5.30. The van der Waals surface area contributed by atoms with Crippen molar-refractivity contribution in [3.05, 3.63) is 71.5 Å². The highest BCUT2D eigenvalue weighted by Gasteiger charge is 2.08. The summed E-state index contributed by atoms with van der Waals surface area (Å²) in [6, 6.07) is 18.7. The Hall–Kier alpha value is -2.15. The van der Waals surface area contributed by atoms with Gasteiger partial charge in [-0.05, 0) is 53.0 Å². The van der Waals surface area contributed by atoms with Crippen LogP contribution in [0, 0.1) is 5.82 Å². The van der Waals surface area contributed by atoms with Crippen LogP contribution in [-0.4, -0.2) is 0 Å². The fraction of sp³-hybridized carbons (Fsp3) is 0.304. The van der Waals surface area contributed by atoms with Gasteiger partial charge < -0.3 is 0 Å². The number of hydrogen-bond acceptors (Lipinski definition) is 0. The third kappa shape index (κ3) is 3.51. The van der Waals surface area contributed by atoms with Crippen molar-refractivity contribution in [1.82, 2.24) is 0 Å². The first-order valence-corrected chi connectivity index (χ1v) is 9.03. The molecule has 0 aliphatic heterocycles. The number of benzene rings is 3. The van der Waals surface area contributed by atoms with Crippen molar-refractivity contribution >= 4 is 10.8 Å². The molecule has 0 aliphatic rings. The minimum atomic E-state index is -0.0449. The maximum atomic E-state index is 14.7. The summed E-state index contributed by atoms with van der Waals surface area (Å²) in [5.74, 6) is -0.0449. The monoisotopic (exact) mass is 320 g/mol. The van der Waals surface area contributed by atoms with Crippen LogP contribution in [0.2, 0.25) is 0 Å². The molecule has 3 rings (SSSR count). The average Bonchev–Trinajstić information content (AvgIpc) is 2.63. The van der Waals surface area contributed by atoms with Gasteiger partial charge in [0.1, 0.15) is 5.82 Å². The van der Waals surface area contributed by atoms with Crippen molar-refractivity contribution in [3.8, 4) is 11.1 Å². The Morgan fingerprint density at radius 1 is 0.792 bits per heavy atom. The highest BCUT2D eigenvalue weighted by atomic mass is 19.1. The number of hydrogen-bond donors (Lipinski definition) is 0. The van der Waals surface area contributed by atoms with E-state index < -0.39 is 0 Å². The van der Waals surface area contributed by atoms with E-state index in [-0.39, 0.29) is 5.82 Å². The number of rotatable bonds is 6. The number of halogens is 1. The molecule has 0 saturated carbocycles. The van der Waals surface area contributed by atoms with Gasteiger partial charge >= 0.3 is 0 Å². The molecule has 0 aromatic heterocycles. The molecule has 0 spiro atoms. The van der Waals surface area contributed by atoms with E-state index in [9.17, 15) is 4.39 Å². The maximum absolute atomic E-state index is 14.7. The van der Waals surface area contributed by atoms with Crippen molar-refractivity contribution in [3.63, 3.8) is 0 Å². The molecular formula is C23H25F. The number of fused-ring (bicyclic) bond motifs is 1. The molecule has 3 aromatic rings. The van der Waals surface area contributed by atoms with Gasteiger partial charge in [-0.1, -0.05) is 75.2 Å². The second-order valence-corrected chi connectivity index (χ2v) is 6.48. The molecule has 0 N–H and O–H groups in total. The van der Waals surface area contributed by atoms with Crippen LogP contribution >= 0.6 is 0 Å². The minimum Gasteiger partial charge on any atom is -0.206 e. The quantitative estimate of drug-likeness (QED) is 0.431. The van der Waals surface area contributed by atoms with E-state index in [0.29, 0.717) is 0 Å². The van der Waals surface area contributed by atoms with E-state index in [1.165, 1.54) is 11.1 Å². The van der Waals surface area contributed by atoms with Crippen LogP contribution in [0.4, 0.5) is 4.39 Å². The third-order valence-corrected chi connectivity index (χ3v) is 4.78. The predicted octanol–water partition coefficient (Wildman–Crippen LogP) is 6.94. The van der Waals surface area contributed by atoms with Gasteiger partial charge in [-0.2, -0.15) is 0 Å². The van der Waals surface area contributed by atoms with Crippen molar-refractivity contribution < 1.29 is 4.39 Å². The van der Waals surface area contributed by atoms with Gasteiger partial charge in [0, 0.05) is 5.39 Å². The lowest BCUT2D eigenvalue weighted by Gasteiger charge is -2.09. The molecule has 0 bridgehead atoms. The van der Waals surface area contributed by atoms with Gasteiger partial charge in [0.15, 0.2) is 0 Å². The Morgan fingerprint density at radius 3 is 2.25 bits per heavy atom. The first kappa shape index (κ1) is 16.7. The molecule has 24 heavy (non-hydrogen) atoms. The van der Waals surface area contributed by atoms with E-state index >= 15 is 0 Å². The van der Waals surface area contributed by atoms with Crippen LogP contribution in [0.3, 0.4) is 0 Å². The second-order valence-electron chi connectivity index (χ2n) is 6.48. The Bertz CT molecular complexity index is 815. The van der Waals surface area contributed by atoms with Gasteiger partial charge in [-0.25, -0.2) is 4.39 Å². The zero-order valence-corrected chi connectivity index (χ0v) is 14.6. The van der Waals surface area contributed by atoms with Crippen LogP contribution < -0.4 is 0 Å². The van der Waals surface area contributed by atoms with Crippen molar-refractivity contribution in [2.45, 2.75) is 46.0 Å². The van der Waals surface area contributed by atoms with E-state index in [1.807, 2.05) is 18.2 Å². The van der Waals surface area contributed by atoms with E-state index in [4.69, 9.17) is 0 Å². The van der Waals surface area contributed by atoms with Crippen LogP contribution in [-0.2, 0) is 12.8 Å². The number of aryl methyl sites for hydroxylation is 2. The summed E-state index contributed by atoms with van der Waals surface area (Å²) in [5.41, 5.74) is 4.50. The summed E-state index contributed by atoms with van der Waals surface area (Å²) in [7, 11) is 0. The fourth-order valence-electron chi connectivity index (χ4n) is 3.21. The van der Waals surface area contributed by atoms with Crippen LogP contribution in [0.15, 0.2) is 54.6 Å². The first-order chi connectivity index (χ1) is 11.7. The van der Waals surface area contributed by atoms with Gasteiger partial charge in [-0.15, -0.1) is 0 Å². The van der Waals surface area contributed by atoms with Crippen LogP contribution in [0.1, 0.15) is 44.2 Å². The zero-order chi connectivity index (χ0) is 16.9. The lowest BCUT2D eigenvalue weighted by atomic mass is 9.97. The molecule has 0 unspecified atom stereocenters. The second kappa shape index (κ2) is 7.61. The molecule has 124 valence electrons. The van der Waals surface area contributed by atoms with Gasteiger partial charge in [-0.3, -0.25) is 0 Å². The highest BCUT2D eigenvalue weighted by molar-refractivity contribution is 5.88. The SMILES string of the molecule is CCCCCc1ccc2cc(-c3ccc(CC)cc3)ccc2c1F. The Balaban J connectivity index is 1.92. The fourth-order valence-corrected chi connectivity index (χ4v) is 3.21. The molecule has 0 amide bonds. The topological polar surface area (TPSA) is 0 Å². The minimum absolute atomic E-state index is 0.0449. The lowest BCUT2D eigenvalue weighted by molar-refractivity contribution is 0.609. The third-order valence-electron chi connectivity index (χ3n) is 4.78. The summed E-state index contributed by atoms with van der Waals surface area (Å²) < 4.78 is 14.7. The Labute approximate surface area is 144 Å². The van der Waals surface area contributed by atoms with Crippen LogP contribution in [0.25, 0.3) is 21.9 Å². The molecule has 0 radical (unpaired) electrons. The van der Waals surface area contributed by atoms with Crippen molar-refractivity contribution in [2.75, 3.05) is 0 Å². The average molecular weight is 320 g/mol. The standard InChI is InChI=1S/C23H25F/c1-3-5-6-7-19-12-13-21-16-20(14-15-22(21)23(19)24)18-10-8-17(4-2)9-11-18/h8-16H,3-7H2,1-2H3. The molecular weight excluding hydrogens is 295 g/mol. The maximum Gasteiger partial charge on any atom is 0.134 e. The first-order valence-electron chi connectivity index (χ1n) is 9.03. The molecule has 0 saturated heterocycles. The predicted molar refractivity (Wildman–Crippen MR) is 102 cm³/mol. The van der Waals surface area contributed by atoms with E-state index in [0.717, 1.165) is 54.0 Å². The van der Waals surface area contributed by atoms with Crippen LogP contribution in [0.5, 0.6) is 0 Å². The summed E-state index contributed by atoms with van der Waals surface area (Å²) in [5, 5.41) is 1.71. The van der Waals surface area contributed by atoms with Crippen molar-refractivity contribution in [2.24, 2.45) is 0 Å². The molecule has 3 aromatic carbocycles. The molecule has 0 atom stereocenters.